The molecule has 1 heterocycles. The van der Waals surface area contributed by atoms with Gasteiger partial charge in [-0.2, -0.15) is 17.5 Å². The van der Waals surface area contributed by atoms with Crippen molar-refractivity contribution in [3.8, 4) is 0 Å². The van der Waals surface area contributed by atoms with Crippen LogP contribution in [0.15, 0.2) is 59.5 Å². The van der Waals surface area contributed by atoms with Crippen LogP contribution in [0.2, 0.25) is 0 Å². The molecule has 0 aliphatic carbocycles. The molecule has 3 rings (SSSR count). The normalized spacial score (nSPS) is 17.2. The van der Waals surface area contributed by atoms with Crippen LogP contribution in [-0.2, 0) is 27.4 Å². The minimum absolute atomic E-state index is 0.0618. The van der Waals surface area contributed by atoms with E-state index in [0.717, 1.165) is 49.5 Å². The quantitative estimate of drug-likeness (QED) is 0.394. The highest BCUT2D eigenvalue weighted by Gasteiger charge is 2.33. The molecule has 0 spiro atoms. The minimum atomic E-state index is -4.56. The fourth-order valence-corrected chi connectivity index (χ4v) is 6.05. The SMILES string of the molecule is CC(C)CN(C[C@@H](O)[C@H](Cc1ccccc1)NCCN1CCOCC1)S(=O)(=O)c1ccc(C(F)(F)F)cc1. The average Bonchev–Trinajstić information content (AvgIpc) is 2.88. The van der Waals surface area contributed by atoms with Crippen LogP contribution < -0.4 is 5.32 Å². The topological polar surface area (TPSA) is 82.1 Å². The van der Waals surface area contributed by atoms with E-state index in [4.69, 9.17) is 4.74 Å². The number of aliphatic hydroxyl groups excluding tert-OH is 1. The van der Waals surface area contributed by atoms with Crippen molar-refractivity contribution in [1.82, 2.24) is 14.5 Å². The number of alkyl halides is 3. The van der Waals surface area contributed by atoms with Crippen molar-refractivity contribution in [2.24, 2.45) is 5.92 Å². The molecule has 1 fully saturated rings. The van der Waals surface area contributed by atoms with Gasteiger partial charge in [0, 0.05) is 45.3 Å². The highest BCUT2D eigenvalue weighted by molar-refractivity contribution is 7.89. The third-order valence-electron chi connectivity index (χ3n) is 6.48. The third kappa shape index (κ3) is 9.03. The van der Waals surface area contributed by atoms with Gasteiger partial charge in [-0.15, -0.1) is 0 Å². The molecule has 2 atom stereocenters. The molecule has 11 heteroatoms. The van der Waals surface area contributed by atoms with Crippen molar-refractivity contribution >= 4 is 10.0 Å². The van der Waals surface area contributed by atoms with Crippen LogP contribution in [0.3, 0.4) is 0 Å². The van der Waals surface area contributed by atoms with Gasteiger partial charge in [-0.25, -0.2) is 8.42 Å². The number of halogens is 3. The molecule has 7 nitrogen and oxygen atoms in total. The number of nitrogens with one attached hydrogen (secondary N) is 1. The van der Waals surface area contributed by atoms with Gasteiger partial charge in [0.25, 0.3) is 0 Å². The summed E-state index contributed by atoms with van der Waals surface area (Å²) in [4.78, 5) is 2.03. The minimum Gasteiger partial charge on any atom is -0.390 e. The van der Waals surface area contributed by atoms with Crippen LogP contribution >= 0.6 is 0 Å². The predicted octanol–water partition coefficient (Wildman–Crippen LogP) is 3.25. The highest BCUT2D eigenvalue weighted by Crippen LogP contribution is 2.30. The Kier molecular flexibility index (Phi) is 11.1. The maximum absolute atomic E-state index is 13.5. The molecule has 38 heavy (non-hydrogen) atoms. The van der Waals surface area contributed by atoms with Crippen molar-refractivity contribution in [3.05, 3.63) is 65.7 Å². The number of benzene rings is 2. The van der Waals surface area contributed by atoms with E-state index >= 15 is 0 Å². The molecule has 1 aliphatic rings. The molecule has 2 N–H and O–H groups in total. The van der Waals surface area contributed by atoms with E-state index in [0.29, 0.717) is 26.2 Å². The zero-order valence-corrected chi connectivity index (χ0v) is 22.7. The molecule has 1 aliphatic heterocycles. The molecule has 2 aromatic carbocycles. The fraction of sp³-hybridized carbons (Fsp3) is 0.556. The Morgan fingerprint density at radius 1 is 1.03 bits per heavy atom. The number of nitrogens with zero attached hydrogens (tertiary/aromatic N) is 2. The monoisotopic (exact) mass is 557 g/mol. The third-order valence-corrected chi connectivity index (χ3v) is 8.33. The van der Waals surface area contributed by atoms with Crippen LogP contribution in [0.5, 0.6) is 0 Å². The number of morpholine rings is 1. The van der Waals surface area contributed by atoms with Gasteiger partial charge in [0.1, 0.15) is 0 Å². The largest absolute Gasteiger partial charge is 0.416 e. The summed E-state index contributed by atoms with van der Waals surface area (Å²) in [5.41, 5.74) is 0.0794. The second-order valence-corrected chi connectivity index (χ2v) is 11.9. The number of sulfonamides is 1. The molecule has 0 aromatic heterocycles. The molecule has 0 unspecified atom stereocenters. The second-order valence-electron chi connectivity index (χ2n) is 10.0. The Morgan fingerprint density at radius 3 is 2.24 bits per heavy atom. The Balaban J connectivity index is 1.77. The summed E-state index contributed by atoms with van der Waals surface area (Å²) in [7, 11) is -4.14. The number of hydrogen-bond acceptors (Lipinski definition) is 6. The van der Waals surface area contributed by atoms with Crippen LogP contribution in [0.25, 0.3) is 0 Å². The van der Waals surface area contributed by atoms with Gasteiger partial charge < -0.3 is 15.2 Å². The first-order valence-corrected chi connectivity index (χ1v) is 14.3. The first kappa shape index (κ1) is 30.5. The zero-order chi connectivity index (χ0) is 27.8. The number of rotatable bonds is 13. The molecule has 0 amide bonds. The number of hydrogen-bond donors (Lipinski definition) is 2. The zero-order valence-electron chi connectivity index (χ0n) is 21.9. The lowest BCUT2D eigenvalue weighted by Crippen LogP contribution is -2.51. The highest BCUT2D eigenvalue weighted by atomic mass is 32.2. The van der Waals surface area contributed by atoms with E-state index in [1.165, 1.54) is 4.31 Å². The van der Waals surface area contributed by atoms with Gasteiger partial charge in [0.05, 0.1) is 29.8 Å². The summed E-state index contributed by atoms with van der Waals surface area (Å²) in [6.45, 7) is 8.03. The molecular formula is C27H38F3N3O4S. The summed E-state index contributed by atoms with van der Waals surface area (Å²) in [6.07, 6.45) is -5.13. The molecule has 0 saturated carbocycles. The van der Waals surface area contributed by atoms with Crippen molar-refractivity contribution in [1.29, 1.82) is 0 Å². The number of ether oxygens (including phenoxy) is 1. The summed E-state index contributed by atoms with van der Waals surface area (Å²) >= 11 is 0. The van der Waals surface area contributed by atoms with Crippen molar-refractivity contribution < 1.29 is 31.4 Å². The molecule has 2 aromatic rings. The van der Waals surface area contributed by atoms with Crippen LogP contribution in [0.4, 0.5) is 13.2 Å². The van der Waals surface area contributed by atoms with Crippen molar-refractivity contribution in [3.63, 3.8) is 0 Å². The van der Waals surface area contributed by atoms with Gasteiger partial charge in [0.15, 0.2) is 0 Å². The lowest BCUT2D eigenvalue weighted by molar-refractivity contribution is -0.137. The maximum Gasteiger partial charge on any atom is 0.416 e. The standard InChI is InChI=1S/C27H38F3N3O4S/c1-21(2)19-33(38(35,36)24-10-8-23(9-11-24)27(28,29)30)20-26(34)25(18-22-6-4-3-5-7-22)31-12-13-32-14-16-37-17-15-32/h3-11,21,25-26,31,34H,12-20H2,1-2H3/t25-,26+/m0/s1. The molecule has 1 saturated heterocycles. The molecule has 212 valence electrons. The fourth-order valence-electron chi connectivity index (χ4n) is 4.42. The van der Waals surface area contributed by atoms with Gasteiger partial charge in [-0.3, -0.25) is 4.90 Å². The Morgan fingerprint density at radius 2 is 1.66 bits per heavy atom. The first-order valence-electron chi connectivity index (χ1n) is 12.9. The van der Waals surface area contributed by atoms with E-state index in [2.05, 4.69) is 10.2 Å². The van der Waals surface area contributed by atoms with E-state index in [-0.39, 0.29) is 23.9 Å². The van der Waals surface area contributed by atoms with Gasteiger partial charge >= 0.3 is 6.18 Å². The maximum atomic E-state index is 13.5. The Bertz CT molecular complexity index is 1080. The molecule has 0 radical (unpaired) electrons. The van der Waals surface area contributed by atoms with Gasteiger partial charge in [0.2, 0.25) is 10.0 Å². The summed E-state index contributed by atoms with van der Waals surface area (Å²) in [5.74, 6) is -0.0618. The Labute approximate surface area is 223 Å². The second kappa shape index (κ2) is 13.9. The summed E-state index contributed by atoms with van der Waals surface area (Å²) < 4.78 is 72.5. The van der Waals surface area contributed by atoms with E-state index in [9.17, 15) is 26.7 Å². The van der Waals surface area contributed by atoms with Crippen molar-refractivity contribution in [2.75, 3.05) is 52.5 Å². The molecular weight excluding hydrogens is 519 g/mol. The van der Waals surface area contributed by atoms with Crippen LogP contribution in [-0.4, -0.2) is 87.4 Å². The van der Waals surface area contributed by atoms with E-state index in [1.54, 1.807) is 0 Å². The first-order chi connectivity index (χ1) is 18.0. The Hall–Kier alpha value is -2.02. The van der Waals surface area contributed by atoms with Crippen LogP contribution in [0, 0.1) is 5.92 Å². The molecule has 0 bridgehead atoms. The van der Waals surface area contributed by atoms with E-state index < -0.39 is 33.9 Å². The smallest absolute Gasteiger partial charge is 0.390 e. The summed E-state index contributed by atoms with van der Waals surface area (Å²) in [6, 6.07) is 12.7. The van der Waals surface area contributed by atoms with E-state index in [1.807, 2.05) is 44.2 Å². The lowest BCUT2D eigenvalue weighted by atomic mass is 10.0. The predicted molar refractivity (Wildman–Crippen MR) is 140 cm³/mol. The van der Waals surface area contributed by atoms with Gasteiger partial charge in [-0.1, -0.05) is 44.2 Å². The van der Waals surface area contributed by atoms with Gasteiger partial charge in [-0.05, 0) is 42.2 Å². The number of aliphatic hydroxyl groups is 1. The lowest BCUT2D eigenvalue weighted by Gasteiger charge is -2.32. The van der Waals surface area contributed by atoms with Crippen molar-refractivity contribution in [2.45, 2.75) is 43.5 Å². The summed E-state index contributed by atoms with van der Waals surface area (Å²) in [5, 5.41) is 14.7. The van der Waals surface area contributed by atoms with Crippen LogP contribution in [0.1, 0.15) is 25.0 Å². The average molecular weight is 558 g/mol.